The zero-order valence-corrected chi connectivity index (χ0v) is 21.6. The van der Waals surface area contributed by atoms with Crippen LogP contribution in [-0.2, 0) is 18.9 Å². The number of hydrogen-bond donors (Lipinski definition) is 2. The first-order valence-corrected chi connectivity index (χ1v) is 12.7. The number of pyridine rings is 1. The molecule has 1 aliphatic heterocycles. The van der Waals surface area contributed by atoms with Gasteiger partial charge in [0.05, 0.1) is 22.8 Å². The molecule has 4 aromatic rings. The molecule has 5 rings (SSSR count). The maximum Gasteiger partial charge on any atom is 0.423 e. The zero-order chi connectivity index (χ0) is 30.4. The summed E-state index contributed by atoms with van der Waals surface area (Å²) in [6, 6.07) is 3.38. The minimum atomic E-state index is -4.86. The fourth-order valence-electron chi connectivity index (χ4n) is 5.23. The first kappa shape index (κ1) is 29.0. The van der Waals surface area contributed by atoms with E-state index < -0.39 is 46.2 Å². The van der Waals surface area contributed by atoms with Gasteiger partial charge in [-0.1, -0.05) is 0 Å². The summed E-state index contributed by atoms with van der Waals surface area (Å²) in [5, 5.41) is 5.66. The van der Waals surface area contributed by atoms with E-state index in [1.165, 1.54) is 27.8 Å². The van der Waals surface area contributed by atoms with E-state index in [0.717, 1.165) is 12.3 Å². The standard InChI is InChI=1S/C26H22F7N7O2/c27-18-10-15-13(9-16(18)22-35-11-17(21(34)37-22)25(28,29)30)5-8-39(24(15)42)6-1-3-14-4-2-7-40(14)19-12-36-38-23(41)20(19)26(31,32)33/h5,8-12,14H,1-4,6-7H2,(H,38,41)(H2,34,35,37)/t14-/m1/s1. The second-order valence-corrected chi connectivity index (χ2v) is 9.81. The third-order valence-electron chi connectivity index (χ3n) is 7.17. The van der Waals surface area contributed by atoms with Gasteiger partial charge in [-0.05, 0) is 49.3 Å². The Balaban J connectivity index is 1.34. The van der Waals surface area contributed by atoms with E-state index in [0.29, 0.717) is 38.4 Å². The molecule has 1 fully saturated rings. The Hall–Kier alpha value is -4.50. The molecule has 222 valence electrons. The Labute approximate surface area is 231 Å². The number of aromatic amines is 1. The van der Waals surface area contributed by atoms with E-state index >= 15 is 0 Å². The quantitative estimate of drug-likeness (QED) is 0.308. The van der Waals surface area contributed by atoms with Crippen LogP contribution >= 0.6 is 0 Å². The summed E-state index contributed by atoms with van der Waals surface area (Å²) in [6.07, 6.45) is -4.74. The monoisotopic (exact) mass is 597 g/mol. The molecule has 16 heteroatoms. The second kappa shape index (κ2) is 10.7. The average Bonchev–Trinajstić information content (AvgIpc) is 3.37. The van der Waals surface area contributed by atoms with Crippen molar-refractivity contribution in [2.75, 3.05) is 17.2 Å². The van der Waals surface area contributed by atoms with Crippen molar-refractivity contribution in [3.63, 3.8) is 0 Å². The molecule has 0 radical (unpaired) electrons. The van der Waals surface area contributed by atoms with Gasteiger partial charge in [-0.25, -0.2) is 19.5 Å². The van der Waals surface area contributed by atoms with Crippen LogP contribution in [0.15, 0.2) is 46.4 Å². The van der Waals surface area contributed by atoms with Gasteiger partial charge in [-0.3, -0.25) is 9.59 Å². The molecule has 1 atom stereocenters. The van der Waals surface area contributed by atoms with Crippen LogP contribution in [0.3, 0.4) is 0 Å². The molecule has 9 nitrogen and oxygen atoms in total. The number of aryl methyl sites for hydroxylation is 1. The first-order chi connectivity index (χ1) is 19.8. The van der Waals surface area contributed by atoms with Gasteiger partial charge in [-0.15, -0.1) is 0 Å². The molecule has 0 spiro atoms. The summed E-state index contributed by atoms with van der Waals surface area (Å²) in [4.78, 5) is 33.7. The molecule has 0 bridgehead atoms. The number of benzene rings is 1. The van der Waals surface area contributed by atoms with Crippen LogP contribution in [0.2, 0.25) is 0 Å². The van der Waals surface area contributed by atoms with Gasteiger partial charge in [-0.2, -0.15) is 31.4 Å². The van der Waals surface area contributed by atoms with Gasteiger partial charge < -0.3 is 15.2 Å². The average molecular weight is 597 g/mol. The van der Waals surface area contributed by atoms with Crippen molar-refractivity contribution in [1.29, 1.82) is 0 Å². The van der Waals surface area contributed by atoms with Crippen LogP contribution in [0, 0.1) is 5.82 Å². The lowest BCUT2D eigenvalue weighted by Gasteiger charge is -2.28. The SMILES string of the molecule is Nc1nc(-c2cc3ccn(CCC[C@@H]4CCCN4c4cn[nH]c(=O)c4C(F)(F)F)c(=O)c3cc2F)ncc1C(F)(F)F. The lowest BCUT2D eigenvalue weighted by molar-refractivity contribution is -0.138. The molecular weight excluding hydrogens is 575 g/mol. The van der Waals surface area contributed by atoms with Crippen molar-refractivity contribution in [3.05, 3.63) is 74.4 Å². The van der Waals surface area contributed by atoms with Gasteiger partial charge in [0.15, 0.2) is 5.82 Å². The predicted octanol–water partition coefficient (Wildman–Crippen LogP) is 4.75. The third-order valence-corrected chi connectivity index (χ3v) is 7.17. The van der Waals surface area contributed by atoms with Gasteiger partial charge >= 0.3 is 12.4 Å². The highest BCUT2D eigenvalue weighted by Gasteiger charge is 2.40. The Bertz CT molecular complexity index is 1770. The van der Waals surface area contributed by atoms with Crippen LogP contribution in [-0.4, -0.2) is 37.3 Å². The van der Waals surface area contributed by atoms with E-state index in [1.807, 2.05) is 5.10 Å². The van der Waals surface area contributed by atoms with Crippen molar-refractivity contribution in [2.24, 2.45) is 0 Å². The Morgan fingerprint density at radius 2 is 1.83 bits per heavy atom. The largest absolute Gasteiger partial charge is 0.423 e. The Morgan fingerprint density at radius 3 is 2.52 bits per heavy atom. The van der Waals surface area contributed by atoms with Crippen molar-refractivity contribution >= 4 is 22.3 Å². The maximum atomic E-state index is 15.0. The van der Waals surface area contributed by atoms with Gasteiger partial charge in [0.25, 0.3) is 11.1 Å². The Kier molecular flexibility index (Phi) is 7.41. The number of nitrogen functional groups attached to an aromatic ring is 1. The lowest BCUT2D eigenvalue weighted by Crippen LogP contribution is -2.35. The number of H-pyrrole nitrogens is 1. The third kappa shape index (κ3) is 5.52. The van der Waals surface area contributed by atoms with Crippen LogP contribution in [0.25, 0.3) is 22.2 Å². The molecule has 42 heavy (non-hydrogen) atoms. The number of halogens is 7. The number of alkyl halides is 6. The molecule has 0 saturated carbocycles. The minimum Gasteiger partial charge on any atom is -0.383 e. The summed E-state index contributed by atoms with van der Waals surface area (Å²) < 4.78 is 95.9. The molecule has 4 heterocycles. The molecule has 1 aromatic carbocycles. The highest BCUT2D eigenvalue weighted by atomic mass is 19.4. The molecule has 1 saturated heterocycles. The number of nitrogens with two attached hydrogens (primary N) is 1. The van der Waals surface area contributed by atoms with Crippen molar-refractivity contribution in [1.82, 2.24) is 24.7 Å². The first-order valence-electron chi connectivity index (χ1n) is 12.7. The van der Waals surface area contributed by atoms with Gasteiger partial charge in [0, 0.05) is 31.5 Å². The van der Waals surface area contributed by atoms with E-state index in [4.69, 9.17) is 5.73 Å². The number of rotatable bonds is 6. The number of nitrogens with one attached hydrogen (secondary N) is 1. The molecule has 3 N–H and O–H groups in total. The normalized spacial score (nSPS) is 16.0. The fourth-order valence-corrected chi connectivity index (χ4v) is 5.23. The van der Waals surface area contributed by atoms with E-state index in [9.17, 15) is 40.3 Å². The lowest BCUT2D eigenvalue weighted by atomic mass is 10.1. The van der Waals surface area contributed by atoms with Crippen molar-refractivity contribution in [2.45, 2.75) is 50.6 Å². The van der Waals surface area contributed by atoms with E-state index in [2.05, 4.69) is 15.1 Å². The molecule has 0 aliphatic carbocycles. The Morgan fingerprint density at radius 1 is 1.07 bits per heavy atom. The van der Waals surface area contributed by atoms with Crippen LogP contribution in [0.1, 0.15) is 36.8 Å². The maximum absolute atomic E-state index is 15.0. The zero-order valence-electron chi connectivity index (χ0n) is 21.6. The fraction of sp³-hybridized carbons (Fsp3) is 0.346. The highest BCUT2D eigenvalue weighted by Crippen LogP contribution is 2.37. The number of hydrogen-bond acceptors (Lipinski definition) is 7. The topological polar surface area (TPSA) is 123 Å². The summed E-state index contributed by atoms with van der Waals surface area (Å²) >= 11 is 0. The molecule has 3 aromatic heterocycles. The summed E-state index contributed by atoms with van der Waals surface area (Å²) in [5.41, 5.74) is 0.447. The summed E-state index contributed by atoms with van der Waals surface area (Å²) in [5.74, 6) is -2.19. The number of aromatic nitrogens is 5. The number of nitrogens with zero attached hydrogens (tertiary/aromatic N) is 5. The molecule has 0 amide bonds. The molecule has 0 unspecified atom stereocenters. The van der Waals surface area contributed by atoms with Crippen molar-refractivity contribution in [3.8, 4) is 11.4 Å². The summed E-state index contributed by atoms with van der Waals surface area (Å²) in [7, 11) is 0. The smallest absolute Gasteiger partial charge is 0.383 e. The van der Waals surface area contributed by atoms with Crippen molar-refractivity contribution < 1.29 is 30.7 Å². The van der Waals surface area contributed by atoms with E-state index in [-0.39, 0.29) is 40.4 Å². The van der Waals surface area contributed by atoms with Gasteiger partial charge in [0.1, 0.15) is 22.8 Å². The van der Waals surface area contributed by atoms with Crippen LogP contribution < -0.4 is 21.8 Å². The van der Waals surface area contributed by atoms with Gasteiger partial charge in [0.2, 0.25) is 0 Å². The minimum absolute atomic E-state index is 0.00512. The molecular formula is C26H22F7N7O2. The van der Waals surface area contributed by atoms with Crippen LogP contribution in [0.4, 0.5) is 42.2 Å². The number of anilines is 2. The van der Waals surface area contributed by atoms with E-state index in [1.54, 1.807) is 0 Å². The van der Waals surface area contributed by atoms with Crippen LogP contribution in [0.5, 0.6) is 0 Å². The number of fused-ring (bicyclic) bond motifs is 1. The second-order valence-electron chi connectivity index (χ2n) is 9.81. The highest BCUT2D eigenvalue weighted by molar-refractivity contribution is 5.86. The predicted molar refractivity (Wildman–Crippen MR) is 138 cm³/mol. The summed E-state index contributed by atoms with van der Waals surface area (Å²) in [6.45, 7) is 0.492. The molecule has 1 aliphatic rings.